The Morgan fingerprint density at radius 1 is 1.00 bits per heavy atom. The molecule has 29 heavy (non-hydrogen) atoms. The summed E-state index contributed by atoms with van der Waals surface area (Å²) in [6.07, 6.45) is -1.34. The second-order valence-electron chi connectivity index (χ2n) is 6.03. The first-order valence-electron chi connectivity index (χ1n) is 8.40. The van der Waals surface area contributed by atoms with Crippen LogP contribution in [-0.4, -0.2) is 21.8 Å². The number of rotatable bonds is 6. The molecule has 3 rings (SSSR count). The third kappa shape index (κ3) is 4.67. The molecule has 0 bridgehead atoms. The van der Waals surface area contributed by atoms with E-state index in [4.69, 9.17) is 4.74 Å². The number of ether oxygens (including phenoxy) is 1. The van der Waals surface area contributed by atoms with Crippen LogP contribution in [0.3, 0.4) is 0 Å². The van der Waals surface area contributed by atoms with Gasteiger partial charge in [0.2, 0.25) is 5.78 Å². The first-order valence-corrected chi connectivity index (χ1v) is 9.19. The molecular formula is C21H14BrNO6. The fourth-order valence-electron chi connectivity index (χ4n) is 2.64. The molecule has 0 aromatic heterocycles. The number of nitro benzene ring substituents is 1. The Kier molecular flexibility index (Phi) is 6.04. The van der Waals surface area contributed by atoms with E-state index in [0.717, 1.165) is 0 Å². The summed E-state index contributed by atoms with van der Waals surface area (Å²) in [6.45, 7) is 0. The van der Waals surface area contributed by atoms with Gasteiger partial charge in [0, 0.05) is 27.7 Å². The van der Waals surface area contributed by atoms with Gasteiger partial charge in [-0.15, -0.1) is 0 Å². The molecule has 0 aliphatic rings. The quantitative estimate of drug-likeness (QED) is 0.246. The molecule has 0 unspecified atom stereocenters. The maximum atomic E-state index is 13.0. The molecule has 8 heteroatoms. The summed E-state index contributed by atoms with van der Waals surface area (Å²) in [5, 5.41) is 20.9. The van der Waals surface area contributed by atoms with Gasteiger partial charge in [0.1, 0.15) is 11.3 Å². The second-order valence-corrected chi connectivity index (χ2v) is 6.94. The predicted molar refractivity (Wildman–Crippen MR) is 108 cm³/mol. The minimum absolute atomic E-state index is 0.118. The van der Waals surface area contributed by atoms with Gasteiger partial charge in [-0.25, -0.2) is 4.79 Å². The maximum Gasteiger partial charge on any atom is 0.343 e. The minimum Gasteiger partial charge on any atom is -0.507 e. The van der Waals surface area contributed by atoms with Gasteiger partial charge >= 0.3 is 5.97 Å². The summed E-state index contributed by atoms with van der Waals surface area (Å²) >= 11 is 3.21. The van der Waals surface area contributed by atoms with Crippen LogP contribution in [0.1, 0.15) is 32.4 Å². The van der Waals surface area contributed by atoms with Gasteiger partial charge in [-0.1, -0.05) is 46.3 Å². The van der Waals surface area contributed by atoms with Gasteiger partial charge in [0.05, 0.1) is 4.92 Å². The number of carbonyl (C=O) groups is 2. The summed E-state index contributed by atoms with van der Waals surface area (Å²) in [5.74, 6) is -1.70. The number of nitro groups is 1. The number of nitrogens with zero attached hydrogens (tertiary/aromatic N) is 1. The molecule has 0 saturated carbocycles. The van der Waals surface area contributed by atoms with E-state index in [9.17, 15) is 24.8 Å². The van der Waals surface area contributed by atoms with Gasteiger partial charge in [-0.05, 0) is 30.3 Å². The number of benzene rings is 3. The average molecular weight is 456 g/mol. The lowest BCUT2D eigenvalue weighted by Gasteiger charge is -2.18. The Morgan fingerprint density at radius 3 is 2.28 bits per heavy atom. The van der Waals surface area contributed by atoms with Crippen LogP contribution >= 0.6 is 15.9 Å². The van der Waals surface area contributed by atoms with Crippen molar-refractivity contribution in [2.75, 3.05) is 0 Å². The van der Waals surface area contributed by atoms with Crippen LogP contribution < -0.4 is 0 Å². The average Bonchev–Trinajstić information content (AvgIpc) is 2.73. The molecule has 0 radical (unpaired) electrons. The first kappa shape index (κ1) is 20.2. The molecule has 7 nitrogen and oxygen atoms in total. The SMILES string of the molecule is O=C(O[C@H](C(=O)c1ccccc1)c1ccc([N+](=O)[O-])cc1)c1cc(Br)ccc1O. The zero-order valence-corrected chi connectivity index (χ0v) is 16.4. The van der Waals surface area contributed by atoms with E-state index < -0.39 is 22.8 Å². The number of halogens is 1. The summed E-state index contributed by atoms with van der Waals surface area (Å²) in [5.41, 5.74) is 0.303. The molecule has 0 saturated heterocycles. The molecule has 3 aromatic rings. The fourth-order valence-corrected chi connectivity index (χ4v) is 3.00. The van der Waals surface area contributed by atoms with Crippen LogP contribution in [0.25, 0.3) is 0 Å². The topological polar surface area (TPSA) is 107 Å². The first-order chi connectivity index (χ1) is 13.9. The number of hydrogen-bond donors (Lipinski definition) is 1. The molecule has 1 atom stereocenters. The minimum atomic E-state index is -1.34. The molecular weight excluding hydrogens is 442 g/mol. The highest BCUT2D eigenvalue weighted by molar-refractivity contribution is 9.10. The van der Waals surface area contributed by atoms with E-state index in [1.165, 1.54) is 36.4 Å². The van der Waals surface area contributed by atoms with Gasteiger partial charge in [-0.3, -0.25) is 14.9 Å². The van der Waals surface area contributed by atoms with Gasteiger partial charge < -0.3 is 9.84 Å². The van der Waals surface area contributed by atoms with Crippen LogP contribution in [0.4, 0.5) is 5.69 Å². The van der Waals surface area contributed by atoms with Crippen LogP contribution in [-0.2, 0) is 4.74 Å². The molecule has 1 N–H and O–H groups in total. The Bertz CT molecular complexity index is 1070. The van der Waals surface area contributed by atoms with Gasteiger partial charge in [0.15, 0.2) is 6.10 Å². The summed E-state index contributed by atoms with van der Waals surface area (Å²) in [7, 11) is 0. The lowest BCUT2D eigenvalue weighted by molar-refractivity contribution is -0.384. The van der Waals surface area contributed by atoms with Crippen molar-refractivity contribution in [2.45, 2.75) is 6.10 Å². The molecule has 146 valence electrons. The highest BCUT2D eigenvalue weighted by Crippen LogP contribution is 2.29. The largest absolute Gasteiger partial charge is 0.507 e. The second kappa shape index (κ2) is 8.66. The Balaban J connectivity index is 1.98. The number of hydrogen-bond acceptors (Lipinski definition) is 6. The van der Waals surface area contributed by atoms with Crippen LogP contribution in [0.2, 0.25) is 0 Å². The van der Waals surface area contributed by atoms with E-state index in [0.29, 0.717) is 10.0 Å². The monoisotopic (exact) mass is 455 g/mol. The van der Waals surface area contributed by atoms with Crippen molar-refractivity contribution in [3.63, 3.8) is 0 Å². The van der Waals surface area contributed by atoms with Gasteiger partial charge in [0.25, 0.3) is 5.69 Å². The lowest BCUT2D eigenvalue weighted by Crippen LogP contribution is -2.20. The zero-order valence-electron chi connectivity index (χ0n) is 14.8. The summed E-state index contributed by atoms with van der Waals surface area (Å²) in [6, 6.07) is 17.6. The number of aromatic hydroxyl groups is 1. The van der Waals surface area contributed by atoms with E-state index >= 15 is 0 Å². The highest BCUT2D eigenvalue weighted by atomic mass is 79.9. The Hall–Kier alpha value is -3.52. The van der Waals surface area contributed by atoms with Gasteiger partial charge in [-0.2, -0.15) is 0 Å². The number of phenolic OH excluding ortho intramolecular Hbond substituents is 1. The molecule has 0 fully saturated rings. The fraction of sp³-hybridized carbons (Fsp3) is 0.0476. The van der Waals surface area contributed by atoms with Crippen molar-refractivity contribution >= 4 is 33.4 Å². The van der Waals surface area contributed by atoms with Crippen molar-refractivity contribution in [1.29, 1.82) is 0 Å². The van der Waals surface area contributed by atoms with E-state index in [1.54, 1.807) is 36.4 Å². The molecule has 0 amide bonds. The zero-order chi connectivity index (χ0) is 21.0. The Morgan fingerprint density at radius 2 is 1.66 bits per heavy atom. The number of esters is 1. The number of ketones is 1. The van der Waals surface area contributed by atoms with Crippen molar-refractivity contribution in [3.8, 4) is 5.75 Å². The summed E-state index contributed by atoms with van der Waals surface area (Å²) < 4.78 is 5.98. The van der Waals surface area contributed by atoms with E-state index in [2.05, 4.69) is 15.9 Å². The predicted octanol–water partition coefficient (Wildman–Crippen LogP) is 4.84. The van der Waals surface area contributed by atoms with E-state index in [-0.39, 0.29) is 22.6 Å². The van der Waals surface area contributed by atoms with Crippen molar-refractivity contribution < 1.29 is 24.4 Å². The maximum absolute atomic E-state index is 13.0. The Labute approximate surface area is 173 Å². The van der Waals surface area contributed by atoms with Crippen LogP contribution in [0, 0.1) is 10.1 Å². The van der Waals surface area contributed by atoms with Crippen LogP contribution in [0.15, 0.2) is 77.3 Å². The number of carbonyl (C=O) groups excluding carboxylic acids is 2. The highest BCUT2D eigenvalue weighted by Gasteiger charge is 2.28. The smallest absolute Gasteiger partial charge is 0.343 e. The molecule has 0 heterocycles. The number of phenols is 1. The molecule has 0 aliphatic carbocycles. The van der Waals surface area contributed by atoms with E-state index in [1.807, 2.05) is 0 Å². The third-order valence-corrected chi connectivity index (χ3v) is 4.60. The standard InChI is InChI=1S/C21H14BrNO6/c22-15-8-11-18(24)17(12-15)21(26)29-20(19(25)13-4-2-1-3-5-13)14-6-9-16(10-7-14)23(27)28/h1-12,20,24H/t20-/m0/s1. The molecule has 3 aromatic carbocycles. The third-order valence-electron chi connectivity index (χ3n) is 4.11. The number of non-ortho nitro benzene ring substituents is 1. The van der Waals surface area contributed by atoms with Crippen molar-refractivity contribution in [3.05, 3.63) is 104 Å². The molecule has 0 aliphatic heterocycles. The molecule has 0 spiro atoms. The lowest BCUT2D eigenvalue weighted by atomic mass is 9.99. The number of Topliss-reactive ketones (excluding diaryl/α,β-unsaturated/α-hetero) is 1. The van der Waals surface area contributed by atoms with Crippen molar-refractivity contribution in [2.24, 2.45) is 0 Å². The van der Waals surface area contributed by atoms with Crippen LogP contribution in [0.5, 0.6) is 5.75 Å². The van der Waals surface area contributed by atoms with Crippen molar-refractivity contribution in [1.82, 2.24) is 0 Å². The normalized spacial score (nSPS) is 11.5. The summed E-state index contributed by atoms with van der Waals surface area (Å²) in [4.78, 5) is 36.0.